The molecule has 82 heavy (non-hydrogen) atoms. The van der Waals surface area contributed by atoms with Crippen molar-refractivity contribution in [2.75, 3.05) is 77.6 Å². The predicted molar refractivity (Wildman–Crippen MR) is 325 cm³/mol. The van der Waals surface area contributed by atoms with Crippen LogP contribution in [0.25, 0.3) is 22.2 Å². The molecule has 464 valence electrons. The molecule has 3 saturated heterocycles. The molecule has 0 spiro atoms. The third kappa shape index (κ3) is 16.8. The lowest BCUT2D eigenvalue weighted by molar-refractivity contribution is -0.894. The molecular formula is C52H94N12O12P2S2Si2. The first-order valence-corrected chi connectivity index (χ1v) is 39.8. The number of nitrogens with two attached hydrogens (primary N) is 1. The van der Waals surface area contributed by atoms with Crippen LogP contribution in [0.1, 0.15) is 113 Å². The number of nitrogens with zero attached hydrogens (tertiary/aromatic N) is 7. The van der Waals surface area contributed by atoms with E-state index in [0.29, 0.717) is 28.3 Å². The van der Waals surface area contributed by atoms with E-state index in [4.69, 9.17) is 75.9 Å². The van der Waals surface area contributed by atoms with Gasteiger partial charge in [0.15, 0.2) is 41.5 Å². The van der Waals surface area contributed by atoms with Crippen molar-refractivity contribution in [1.82, 2.24) is 39.4 Å². The van der Waals surface area contributed by atoms with Gasteiger partial charge in [0, 0.05) is 12.7 Å². The van der Waals surface area contributed by atoms with Crippen molar-refractivity contribution < 1.29 is 65.2 Å². The van der Waals surface area contributed by atoms with Gasteiger partial charge in [-0.25, -0.2) is 24.9 Å². The third-order valence-electron chi connectivity index (χ3n) is 16.7. The molecule has 4 aromatic rings. The van der Waals surface area contributed by atoms with E-state index in [1.165, 1.54) is 58.3 Å². The summed E-state index contributed by atoms with van der Waals surface area (Å²) < 4.78 is 76.9. The van der Waals surface area contributed by atoms with Crippen LogP contribution in [-0.4, -0.2) is 166 Å². The summed E-state index contributed by atoms with van der Waals surface area (Å²) in [7, 11) is -5.39. The van der Waals surface area contributed by atoms with Gasteiger partial charge in [-0.2, -0.15) is 0 Å². The van der Waals surface area contributed by atoms with Crippen LogP contribution < -0.4 is 31.1 Å². The molecule has 8 heterocycles. The molecule has 2 unspecified atom stereocenters. The Labute approximate surface area is 497 Å². The lowest BCUT2D eigenvalue weighted by Gasteiger charge is -2.42. The number of rotatable bonds is 17. The van der Waals surface area contributed by atoms with Crippen molar-refractivity contribution in [3.05, 3.63) is 36.4 Å². The molecule has 1 amide bonds. The normalized spacial score (nSPS) is 27.3. The van der Waals surface area contributed by atoms with E-state index >= 15 is 0 Å². The molecule has 0 radical (unpaired) electrons. The quantitative estimate of drug-likeness (QED) is 0.0316. The number of aromatic nitrogens is 7. The molecule has 30 heteroatoms. The maximum Gasteiger partial charge on any atom is 0.235 e. The van der Waals surface area contributed by atoms with Gasteiger partial charge in [-0.1, -0.05) is 53.3 Å². The van der Waals surface area contributed by atoms with E-state index in [1.54, 1.807) is 14.4 Å². The lowest BCUT2D eigenvalue weighted by atomic mass is 10.1. The number of carbonyl (C=O) groups is 1. The summed E-state index contributed by atoms with van der Waals surface area (Å²) >= 11 is 11.5. The van der Waals surface area contributed by atoms with Gasteiger partial charge >= 0.3 is 0 Å². The predicted octanol–water partition coefficient (Wildman–Crippen LogP) is 4.67. The first-order chi connectivity index (χ1) is 38.5. The van der Waals surface area contributed by atoms with Crippen molar-refractivity contribution in [2.24, 2.45) is 5.73 Å². The monoisotopic (exact) mass is 1260 g/mol. The van der Waals surface area contributed by atoms with E-state index in [0.717, 1.165) is 30.3 Å². The average molecular weight is 1260 g/mol. The van der Waals surface area contributed by atoms with E-state index in [-0.39, 0.29) is 35.9 Å². The molecule has 10 atom stereocenters. The maximum atomic E-state index is 14.8. The molecule has 3 fully saturated rings. The molecule has 6 N–H and O–H groups in total. The number of imidazole rings is 1. The zero-order valence-corrected chi connectivity index (χ0v) is 56.6. The van der Waals surface area contributed by atoms with Crippen molar-refractivity contribution in [3.8, 4) is 0 Å². The Morgan fingerprint density at radius 3 is 1.98 bits per heavy atom. The zero-order valence-electron chi connectivity index (χ0n) is 51.1. The Morgan fingerprint density at radius 2 is 1.39 bits per heavy atom. The number of ether oxygens (including phenoxy) is 3. The summed E-state index contributed by atoms with van der Waals surface area (Å²) in [6, 6.07) is 0. The number of hydrogen-bond donors (Lipinski definition) is 5. The van der Waals surface area contributed by atoms with Crippen molar-refractivity contribution in [1.29, 1.82) is 0 Å². The summed E-state index contributed by atoms with van der Waals surface area (Å²) in [5.41, 5.74) is 8.06. The van der Waals surface area contributed by atoms with Crippen molar-refractivity contribution in [3.63, 3.8) is 0 Å². The minimum Gasteiger partial charge on any atom is -0.780 e. The number of carbonyl (C=O) groups excluding carboxylic acids is 1. The van der Waals surface area contributed by atoms with E-state index < -0.39 is 92.4 Å². The van der Waals surface area contributed by atoms with Gasteiger partial charge < -0.3 is 89.0 Å². The summed E-state index contributed by atoms with van der Waals surface area (Å²) in [6.45, 7) is 32.3. The number of anilines is 1. The summed E-state index contributed by atoms with van der Waals surface area (Å²) in [5, 5.41) is 6.20. The number of aryl methyl sites for hydroxylation is 1. The highest BCUT2D eigenvalue weighted by molar-refractivity contribution is 8.32. The van der Waals surface area contributed by atoms with Crippen LogP contribution >= 0.6 is 13.5 Å². The Hall–Kier alpha value is -2.42. The van der Waals surface area contributed by atoms with Gasteiger partial charge in [0.25, 0.3) is 0 Å². The molecule has 24 nitrogen and oxygen atoms in total. The number of hydrogen-bond acceptors (Lipinski definition) is 21. The van der Waals surface area contributed by atoms with Crippen LogP contribution in [0.4, 0.5) is 5.82 Å². The first kappa shape index (κ1) is 68.7. The number of nitrogens with one attached hydrogen (secondary N) is 4. The average Bonchev–Trinajstić information content (AvgIpc) is 2.89. The molecule has 0 aliphatic carbocycles. The topological polar surface area (TPSA) is 274 Å². The fourth-order valence-electron chi connectivity index (χ4n) is 9.57. The molecule has 2 bridgehead atoms. The van der Waals surface area contributed by atoms with Gasteiger partial charge in [0.1, 0.15) is 79.7 Å². The van der Waals surface area contributed by atoms with Gasteiger partial charge in [-0.15, -0.1) is 0 Å². The van der Waals surface area contributed by atoms with Crippen molar-refractivity contribution >= 4 is 88.1 Å². The fourth-order valence-corrected chi connectivity index (χ4v) is 15.0. The minimum absolute atomic E-state index is 0.0379. The molecule has 4 aliphatic heterocycles. The molecule has 8 rings (SSSR count). The largest absolute Gasteiger partial charge is 0.780 e. The molecule has 0 saturated carbocycles. The third-order valence-corrected chi connectivity index (χ3v) is 28.8. The van der Waals surface area contributed by atoms with E-state index in [2.05, 4.69) is 127 Å². The fraction of sp³-hybridized carbons (Fsp3) is 0.769. The second kappa shape index (κ2) is 29.1. The second-order valence-corrected chi connectivity index (χ2v) is 38.9. The first-order valence-electron chi connectivity index (χ1n) is 28.9. The highest BCUT2D eigenvalue weighted by Crippen LogP contribution is 2.56. The van der Waals surface area contributed by atoms with E-state index in [1.807, 2.05) is 23.9 Å². The Balaban J connectivity index is 0.000000686. The van der Waals surface area contributed by atoms with Crippen LogP contribution in [0, 0.1) is 0 Å². The van der Waals surface area contributed by atoms with E-state index in [9.17, 15) is 14.3 Å². The maximum absolute atomic E-state index is 14.8. The van der Waals surface area contributed by atoms with Crippen LogP contribution in [0.3, 0.4) is 0 Å². The smallest absolute Gasteiger partial charge is 0.235 e. The summed E-state index contributed by atoms with van der Waals surface area (Å²) in [4.78, 5) is 52.5. The lowest BCUT2D eigenvalue weighted by Crippen LogP contribution is -3.11. The standard InChI is InChI=1S/C40H64N10O12P2S2Si2.2C6H15N/c1-39(2,3)67(7,8)61-31-26-18-56-63(52,65)59-30-25(57-38(33(30)62-68(9,10)40(4,5)6)49-15-23-12-11-13-42-34-28(23)35(49)45-20-44-34)17-55-64(53,66)60-32(31)37(58-26)50-21-47-29-24(43-19-46-36(29)50)16-54-22-48-27(51)14-41;2*1-4-7(5-2)6-3/h15,19-21,25-26,30-33,37-38H,11-14,16-18,22,41H2,1-10H3,(H,48,51)(H,52,65)(H,53,66)(H,42,44,45);2*4-6H2,1-3H3/t25-,26-,30-,31-,32-,33-,37-,38-,63?,64?;;/m1../s1. The van der Waals surface area contributed by atoms with Crippen LogP contribution in [0.2, 0.25) is 36.3 Å². The molecule has 4 aliphatic rings. The van der Waals surface area contributed by atoms with Crippen LogP contribution in [-0.2, 0) is 87.6 Å². The van der Waals surface area contributed by atoms with Crippen molar-refractivity contribution in [2.45, 2.75) is 188 Å². The SMILES string of the molecule is CC(C)(C)[Si](C)(C)O[C@@H]1[C@@H]2OP(=O)([S-])OC[C@H]3O[C@@H](n4cnc5c(COCNC(=O)CN)ncnc54)[C@H](OP([O-])(=S)OC[C@H]2O[C@H]1n1cc2c4c(ncnc41)NCCC2)[C@@H]3O[Si](C)(C)C(C)(C)C.CC[NH+](CC)CC.CC[NH+](CC)CC. The zero-order chi connectivity index (χ0) is 60.6. The Morgan fingerprint density at radius 1 is 0.817 bits per heavy atom. The van der Waals surface area contributed by atoms with Crippen LogP contribution in [0.5, 0.6) is 0 Å². The van der Waals surface area contributed by atoms with Crippen LogP contribution in [0.15, 0.2) is 25.2 Å². The number of amides is 1. The van der Waals surface area contributed by atoms with Gasteiger partial charge in [0.05, 0.1) is 83.0 Å². The van der Waals surface area contributed by atoms with Gasteiger partial charge in [-0.3, -0.25) is 13.9 Å². The Kier molecular flexibility index (Phi) is 24.3. The number of quaternary nitrogens is 2. The second-order valence-electron chi connectivity index (χ2n) is 24.0. The van der Waals surface area contributed by atoms with Gasteiger partial charge in [0.2, 0.25) is 5.91 Å². The molecule has 0 aromatic carbocycles. The summed E-state index contributed by atoms with van der Waals surface area (Å²) in [6.07, 6.45) is -0.725. The summed E-state index contributed by atoms with van der Waals surface area (Å²) in [5.74, 6) is 0.321. The molecule has 4 aromatic heterocycles. The molecular weight excluding hydrogens is 1170 g/mol. The Bertz CT molecular complexity index is 2800. The highest BCUT2D eigenvalue weighted by Gasteiger charge is 2.56. The number of fused-ring (bicyclic) bond motifs is 4. The minimum atomic E-state index is -4.51. The highest BCUT2D eigenvalue weighted by atomic mass is 32.7. The van der Waals surface area contributed by atoms with Gasteiger partial charge in [-0.05, 0) is 96.2 Å².